The SMILES string of the molecule is CCOc1ccccc1NC(=O)C1CCc2sc(NC(=O)c3cc(OC)cc(OC)c3)nc21. The van der Waals surface area contributed by atoms with Gasteiger partial charge in [-0.15, -0.1) is 11.3 Å². The van der Waals surface area contributed by atoms with Crippen LogP contribution in [0.25, 0.3) is 0 Å². The molecule has 1 aromatic heterocycles. The zero-order chi connectivity index (χ0) is 23.4. The van der Waals surface area contributed by atoms with E-state index < -0.39 is 0 Å². The van der Waals surface area contributed by atoms with Crippen LogP contribution >= 0.6 is 11.3 Å². The quantitative estimate of drug-likeness (QED) is 0.507. The average Bonchev–Trinajstić information content (AvgIpc) is 3.40. The van der Waals surface area contributed by atoms with Crippen LogP contribution in [0.2, 0.25) is 0 Å². The third-order valence-electron chi connectivity index (χ3n) is 5.31. The molecule has 2 amide bonds. The van der Waals surface area contributed by atoms with Crippen LogP contribution in [0.5, 0.6) is 17.2 Å². The normalized spacial score (nSPS) is 14.3. The number of fused-ring (bicyclic) bond motifs is 1. The Bertz CT molecular complexity index is 1150. The molecule has 3 aromatic rings. The molecule has 0 fully saturated rings. The van der Waals surface area contributed by atoms with Gasteiger partial charge in [0.1, 0.15) is 17.2 Å². The number of methoxy groups -OCH3 is 2. The minimum atomic E-state index is -0.381. The summed E-state index contributed by atoms with van der Waals surface area (Å²) in [6.45, 7) is 2.41. The monoisotopic (exact) mass is 467 g/mol. The lowest BCUT2D eigenvalue weighted by atomic mass is 10.1. The highest BCUT2D eigenvalue weighted by molar-refractivity contribution is 7.16. The summed E-state index contributed by atoms with van der Waals surface area (Å²) in [5.41, 5.74) is 1.74. The molecule has 4 rings (SSSR count). The summed E-state index contributed by atoms with van der Waals surface area (Å²) in [7, 11) is 3.06. The Morgan fingerprint density at radius 2 is 1.82 bits per heavy atom. The van der Waals surface area contributed by atoms with E-state index in [9.17, 15) is 9.59 Å². The van der Waals surface area contributed by atoms with Crippen LogP contribution in [0, 0.1) is 0 Å². The predicted molar refractivity (Wildman–Crippen MR) is 127 cm³/mol. The van der Waals surface area contributed by atoms with E-state index in [0.717, 1.165) is 11.3 Å². The first-order valence-corrected chi connectivity index (χ1v) is 11.4. The van der Waals surface area contributed by atoms with Crippen LogP contribution in [-0.2, 0) is 11.2 Å². The fourth-order valence-electron chi connectivity index (χ4n) is 3.71. The maximum absolute atomic E-state index is 13.0. The summed E-state index contributed by atoms with van der Waals surface area (Å²) < 4.78 is 16.1. The van der Waals surface area contributed by atoms with Gasteiger partial charge in [0, 0.05) is 16.5 Å². The van der Waals surface area contributed by atoms with Crippen molar-refractivity contribution in [2.75, 3.05) is 31.5 Å². The molecule has 1 atom stereocenters. The van der Waals surface area contributed by atoms with Gasteiger partial charge >= 0.3 is 0 Å². The van der Waals surface area contributed by atoms with E-state index in [1.807, 2.05) is 31.2 Å². The molecule has 8 nitrogen and oxygen atoms in total. The number of carbonyl (C=O) groups is 2. The Labute approximate surface area is 195 Å². The van der Waals surface area contributed by atoms with Crippen molar-refractivity contribution in [2.24, 2.45) is 0 Å². The van der Waals surface area contributed by atoms with Gasteiger partial charge in [-0.3, -0.25) is 14.9 Å². The molecule has 0 saturated carbocycles. The van der Waals surface area contributed by atoms with Gasteiger partial charge in [0.05, 0.1) is 38.1 Å². The molecule has 0 aliphatic heterocycles. The van der Waals surface area contributed by atoms with Crippen molar-refractivity contribution in [1.29, 1.82) is 0 Å². The van der Waals surface area contributed by atoms with Gasteiger partial charge in [0.25, 0.3) is 5.91 Å². The third kappa shape index (κ3) is 4.93. The van der Waals surface area contributed by atoms with Crippen LogP contribution in [0.1, 0.15) is 40.2 Å². The van der Waals surface area contributed by atoms with Crippen LogP contribution in [0.3, 0.4) is 0 Å². The fraction of sp³-hybridized carbons (Fsp3) is 0.292. The molecule has 0 spiro atoms. The minimum absolute atomic E-state index is 0.137. The predicted octanol–water partition coefficient (Wildman–Crippen LogP) is 4.48. The summed E-state index contributed by atoms with van der Waals surface area (Å²) in [6.07, 6.45) is 1.42. The third-order valence-corrected chi connectivity index (χ3v) is 6.36. The van der Waals surface area contributed by atoms with Crippen molar-refractivity contribution in [3.05, 3.63) is 58.6 Å². The first-order chi connectivity index (χ1) is 16.0. The molecule has 0 radical (unpaired) electrons. The maximum atomic E-state index is 13.0. The summed E-state index contributed by atoms with van der Waals surface area (Å²) in [6, 6.07) is 12.3. The van der Waals surface area contributed by atoms with Gasteiger partial charge in [-0.05, 0) is 44.0 Å². The summed E-state index contributed by atoms with van der Waals surface area (Å²) in [5.74, 6) is 0.822. The highest BCUT2D eigenvalue weighted by Gasteiger charge is 2.33. The van der Waals surface area contributed by atoms with Crippen molar-refractivity contribution >= 4 is 34.0 Å². The molecule has 1 unspecified atom stereocenters. The highest BCUT2D eigenvalue weighted by Crippen LogP contribution is 2.39. The number of benzene rings is 2. The molecule has 1 aliphatic rings. The van der Waals surface area contributed by atoms with Crippen LogP contribution in [0.4, 0.5) is 10.8 Å². The molecule has 1 heterocycles. The van der Waals surface area contributed by atoms with E-state index >= 15 is 0 Å². The number of rotatable bonds is 8. The number of anilines is 2. The number of thiazole rings is 1. The lowest BCUT2D eigenvalue weighted by Crippen LogP contribution is -2.20. The van der Waals surface area contributed by atoms with Gasteiger partial charge in [0.15, 0.2) is 5.13 Å². The zero-order valence-corrected chi connectivity index (χ0v) is 19.5. The molecule has 0 bridgehead atoms. The minimum Gasteiger partial charge on any atom is -0.497 e. The van der Waals surface area contributed by atoms with Crippen molar-refractivity contribution in [2.45, 2.75) is 25.7 Å². The van der Waals surface area contributed by atoms with Crippen molar-refractivity contribution in [3.8, 4) is 17.2 Å². The lowest BCUT2D eigenvalue weighted by Gasteiger charge is -2.14. The van der Waals surface area contributed by atoms with Crippen LogP contribution < -0.4 is 24.8 Å². The number of aromatic nitrogens is 1. The first kappa shape index (κ1) is 22.6. The molecule has 2 aromatic carbocycles. The molecule has 9 heteroatoms. The van der Waals surface area contributed by atoms with Crippen LogP contribution in [-0.4, -0.2) is 37.6 Å². The lowest BCUT2D eigenvalue weighted by molar-refractivity contribution is -0.117. The Morgan fingerprint density at radius 3 is 2.52 bits per heavy atom. The van der Waals surface area contributed by atoms with Crippen molar-refractivity contribution in [3.63, 3.8) is 0 Å². The van der Waals surface area contributed by atoms with Gasteiger partial charge in [-0.1, -0.05) is 12.1 Å². The van der Waals surface area contributed by atoms with Crippen molar-refractivity contribution in [1.82, 2.24) is 4.98 Å². The Hall–Kier alpha value is -3.59. The number of nitrogens with zero attached hydrogens (tertiary/aromatic N) is 1. The number of nitrogens with one attached hydrogen (secondary N) is 2. The number of para-hydroxylation sites is 2. The van der Waals surface area contributed by atoms with E-state index in [0.29, 0.717) is 52.4 Å². The Balaban J connectivity index is 1.48. The average molecular weight is 468 g/mol. The summed E-state index contributed by atoms with van der Waals surface area (Å²) >= 11 is 1.39. The number of carbonyl (C=O) groups excluding carboxylic acids is 2. The molecular weight excluding hydrogens is 442 g/mol. The maximum Gasteiger partial charge on any atom is 0.257 e. The first-order valence-electron chi connectivity index (χ1n) is 10.6. The largest absolute Gasteiger partial charge is 0.497 e. The summed E-state index contributed by atoms with van der Waals surface area (Å²) in [4.78, 5) is 31.4. The Kier molecular flexibility index (Phi) is 6.79. The second-order valence-electron chi connectivity index (χ2n) is 7.39. The van der Waals surface area contributed by atoms with Crippen LogP contribution in [0.15, 0.2) is 42.5 Å². The standard InChI is InChI=1S/C24H25N3O5S/c1-4-32-19-8-6-5-7-18(19)25-23(29)17-9-10-20-21(17)26-24(33-20)27-22(28)14-11-15(30-2)13-16(12-14)31-3/h5-8,11-13,17H,4,9-10H2,1-3H3,(H,25,29)(H,26,27,28). The number of hydrogen-bond acceptors (Lipinski definition) is 7. The Morgan fingerprint density at radius 1 is 1.09 bits per heavy atom. The van der Waals surface area contributed by atoms with E-state index in [1.54, 1.807) is 18.2 Å². The highest BCUT2D eigenvalue weighted by atomic mass is 32.1. The molecule has 2 N–H and O–H groups in total. The number of amides is 2. The van der Waals surface area contributed by atoms with Gasteiger partial charge in [0.2, 0.25) is 5.91 Å². The zero-order valence-electron chi connectivity index (χ0n) is 18.6. The topological polar surface area (TPSA) is 98.8 Å². The molecule has 0 saturated heterocycles. The van der Waals surface area contributed by atoms with Gasteiger partial charge in [-0.25, -0.2) is 4.98 Å². The fourth-order valence-corrected chi connectivity index (χ4v) is 4.75. The number of hydrogen-bond donors (Lipinski definition) is 2. The molecule has 33 heavy (non-hydrogen) atoms. The smallest absolute Gasteiger partial charge is 0.257 e. The summed E-state index contributed by atoms with van der Waals surface area (Å²) in [5, 5.41) is 6.25. The number of ether oxygens (including phenoxy) is 3. The molecule has 172 valence electrons. The van der Waals surface area contributed by atoms with Gasteiger partial charge in [-0.2, -0.15) is 0 Å². The van der Waals surface area contributed by atoms with Crippen molar-refractivity contribution < 1.29 is 23.8 Å². The van der Waals surface area contributed by atoms with E-state index in [1.165, 1.54) is 25.6 Å². The van der Waals surface area contributed by atoms with E-state index in [2.05, 4.69) is 15.6 Å². The van der Waals surface area contributed by atoms with Gasteiger partial charge < -0.3 is 19.5 Å². The van der Waals surface area contributed by atoms with E-state index in [4.69, 9.17) is 14.2 Å². The number of aryl methyl sites for hydroxylation is 1. The second kappa shape index (κ2) is 9.91. The molecular formula is C24H25N3O5S. The molecule has 1 aliphatic carbocycles. The second-order valence-corrected chi connectivity index (χ2v) is 8.48. The van der Waals surface area contributed by atoms with E-state index in [-0.39, 0.29) is 17.7 Å².